The molecule has 2 N–H and O–H groups in total. The zero-order valence-corrected chi connectivity index (χ0v) is 18.2. The lowest BCUT2D eigenvalue weighted by molar-refractivity contribution is -0.856. The van der Waals surface area contributed by atoms with E-state index >= 15 is 0 Å². The maximum absolute atomic E-state index is 13.7. The van der Waals surface area contributed by atoms with Crippen molar-refractivity contribution in [3.63, 3.8) is 0 Å². The van der Waals surface area contributed by atoms with Crippen LogP contribution in [0, 0.1) is 0 Å². The second-order valence-corrected chi connectivity index (χ2v) is 8.99. The normalized spacial score (nSPS) is 14.1. The number of benzene rings is 1. The summed E-state index contributed by atoms with van der Waals surface area (Å²) in [6.07, 6.45) is 5.61. The summed E-state index contributed by atoms with van der Waals surface area (Å²) in [6, 6.07) is 7.60. The van der Waals surface area contributed by atoms with E-state index in [9.17, 15) is 4.79 Å². The van der Waals surface area contributed by atoms with Gasteiger partial charge in [-0.15, -0.1) is 11.3 Å². The van der Waals surface area contributed by atoms with Crippen molar-refractivity contribution in [2.24, 2.45) is 0 Å². The zero-order valence-electron chi connectivity index (χ0n) is 17.4. The van der Waals surface area contributed by atoms with Crippen LogP contribution >= 0.6 is 11.3 Å². The van der Waals surface area contributed by atoms with Crippen LogP contribution in [0.5, 0.6) is 5.75 Å². The summed E-state index contributed by atoms with van der Waals surface area (Å²) >= 11 is 1.70. The Hall–Kier alpha value is -2.38. The Bertz CT molecular complexity index is 1050. The highest BCUT2D eigenvalue weighted by Crippen LogP contribution is 2.34. The number of methoxy groups -OCH3 is 1. The Labute approximate surface area is 175 Å². The molecular formula is C22H29N4O2S+. The van der Waals surface area contributed by atoms with E-state index in [2.05, 4.69) is 19.4 Å². The number of rotatable bonds is 6. The molecule has 0 fully saturated rings. The summed E-state index contributed by atoms with van der Waals surface area (Å²) in [5.74, 6) is 1.39. The summed E-state index contributed by atoms with van der Waals surface area (Å²) in [5, 5.41) is 4.22. The molecule has 29 heavy (non-hydrogen) atoms. The number of anilines is 1. The number of nitrogens with one attached hydrogen (secondary N) is 2. The van der Waals surface area contributed by atoms with Crippen molar-refractivity contribution in [3.8, 4) is 11.4 Å². The molecule has 0 unspecified atom stereocenters. The van der Waals surface area contributed by atoms with Gasteiger partial charge in [-0.2, -0.15) is 0 Å². The smallest absolute Gasteiger partial charge is 0.268 e. The summed E-state index contributed by atoms with van der Waals surface area (Å²) < 4.78 is 7.01. The minimum atomic E-state index is 0.0271. The van der Waals surface area contributed by atoms with E-state index in [1.807, 2.05) is 24.3 Å². The lowest BCUT2D eigenvalue weighted by atomic mass is 10.1. The monoisotopic (exact) mass is 413 g/mol. The lowest BCUT2D eigenvalue weighted by Gasteiger charge is -2.15. The molecule has 1 aliphatic carbocycles. The van der Waals surface area contributed by atoms with Gasteiger partial charge in [0.05, 0.1) is 45.4 Å². The number of quaternary nitrogens is 1. The lowest BCUT2D eigenvalue weighted by Crippen LogP contribution is -3.06. The van der Waals surface area contributed by atoms with Gasteiger partial charge in [-0.25, -0.2) is 9.55 Å². The molecule has 6 nitrogen and oxygen atoms in total. The van der Waals surface area contributed by atoms with Crippen molar-refractivity contribution in [3.05, 3.63) is 45.1 Å². The molecule has 2 heterocycles. The van der Waals surface area contributed by atoms with E-state index in [0.29, 0.717) is 5.95 Å². The van der Waals surface area contributed by atoms with Crippen LogP contribution in [-0.4, -0.2) is 43.8 Å². The third-order valence-electron chi connectivity index (χ3n) is 5.48. The van der Waals surface area contributed by atoms with Gasteiger partial charge in [0.15, 0.2) is 0 Å². The van der Waals surface area contributed by atoms with Crippen molar-refractivity contribution in [2.75, 3.05) is 39.6 Å². The largest absolute Gasteiger partial charge is 0.497 e. The molecule has 7 heteroatoms. The summed E-state index contributed by atoms with van der Waals surface area (Å²) in [7, 11) is 5.88. The van der Waals surface area contributed by atoms with Crippen LogP contribution in [0.1, 0.15) is 29.7 Å². The average Bonchev–Trinajstić information content (AvgIpc) is 2.89. The van der Waals surface area contributed by atoms with Crippen molar-refractivity contribution >= 4 is 27.5 Å². The minimum Gasteiger partial charge on any atom is -0.497 e. The van der Waals surface area contributed by atoms with Crippen LogP contribution in [0.4, 0.5) is 5.95 Å². The first kappa shape index (κ1) is 19.9. The molecular weight excluding hydrogens is 384 g/mol. The second-order valence-electron chi connectivity index (χ2n) is 7.90. The topological polar surface area (TPSA) is 60.6 Å². The van der Waals surface area contributed by atoms with Gasteiger partial charge in [0.1, 0.15) is 10.6 Å². The summed E-state index contributed by atoms with van der Waals surface area (Å²) in [4.78, 5) is 22.2. The molecule has 0 saturated carbocycles. The summed E-state index contributed by atoms with van der Waals surface area (Å²) in [6.45, 7) is 1.69. The third kappa shape index (κ3) is 4.02. The van der Waals surface area contributed by atoms with Crippen LogP contribution in [0.2, 0.25) is 0 Å². The fraction of sp³-hybridized carbons (Fsp3) is 0.455. The fourth-order valence-corrected chi connectivity index (χ4v) is 5.15. The van der Waals surface area contributed by atoms with E-state index in [-0.39, 0.29) is 5.56 Å². The molecule has 0 spiro atoms. The Morgan fingerprint density at radius 1 is 1.17 bits per heavy atom. The predicted octanol–water partition coefficient (Wildman–Crippen LogP) is 2.28. The van der Waals surface area contributed by atoms with E-state index in [1.165, 1.54) is 28.2 Å². The predicted molar refractivity (Wildman–Crippen MR) is 119 cm³/mol. The minimum absolute atomic E-state index is 0.0271. The van der Waals surface area contributed by atoms with Crippen molar-refractivity contribution in [2.45, 2.75) is 32.1 Å². The number of nitrogens with zero attached hydrogens (tertiary/aromatic N) is 2. The van der Waals surface area contributed by atoms with Crippen LogP contribution < -0.4 is 20.5 Å². The van der Waals surface area contributed by atoms with E-state index in [0.717, 1.165) is 54.0 Å². The number of hydrogen-bond acceptors (Lipinski definition) is 5. The van der Waals surface area contributed by atoms with Crippen molar-refractivity contribution in [1.29, 1.82) is 0 Å². The molecule has 2 aromatic heterocycles. The van der Waals surface area contributed by atoms with E-state index in [1.54, 1.807) is 23.0 Å². The molecule has 1 aliphatic rings. The maximum Gasteiger partial charge on any atom is 0.268 e. The van der Waals surface area contributed by atoms with E-state index in [4.69, 9.17) is 9.72 Å². The van der Waals surface area contributed by atoms with Crippen molar-refractivity contribution < 1.29 is 9.64 Å². The SMILES string of the molecule is COc1ccc(-n2c(NCC[NH+](C)C)nc3sc4c(c3c2=O)CCCCC4)cc1. The number of hydrogen-bond donors (Lipinski definition) is 2. The Morgan fingerprint density at radius 2 is 1.93 bits per heavy atom. The quantitative estimate of drug-likeness (QED) is 0.609. The van der Waals surface area contributed by atoms with Gasteiger partial charge in [0.25, 0.3) is 5.56 Å². The van der Waals surface area contributed by atoms with Gasteiger partial charge < -0.3 is 15.0 Å². The highest BCUT2D eigenvalue weighted by atomic mass is 32.1. The van der Waals surface area contributed by atoms with Gasteiger partial charge in [-0.05, 0) is 55.5 Å². The van der Waals surface area contributed by atoms with Gasteiger partial charge >= 0.3 is 0 Å². The number of ether oxygens (including phenoxy) is 1. The second kappa shape index (κ2) is 8.55. The Kier molecular flexibility index (Phi) is 5.87. The molecule has 154 valence electrons. The summed E-state index contributed by atoms with van der Waals surface area (Å²) in [5.41, 5.74) is 2.06. The molecule has 4 rings (SSSR count). The molecule has 3 aromatic rings. The standard InChI is InChI=1S/C22H28N4O2S/c1-25(2)14-13-23-22-24-20-19(17-7-5-4-6-8-18(17)29-20)21(27)26(22)15-9-11-16(28-3)12-10-15/h9-12H,4-8,13-14H2,1-3H3,(H,23,24)/p+1. The van der Waals surface area contributed by atoms with Gasteiger partial charge in [0.2, 0.25) is 5.95 Å². The molecule has 0 bridgehead atoms. The number of aryl methyl sites for hydroxylation is 2. The first-order chi connectivity index (χ1) is 14.1. The number of likely N-dealkylation sites (N-methyl/N-ethyl adjacent to an activating group) is 1. The fourth-order valence-electron chi connectivity index (χ4n) is 3.90. The van der Waals surface area contributed by atoms with Crippen molar-refractivity contribution in [1.82, 2.24) is 9.55 Å². The third-order valence-corrected chi connectivity index (χ3v) is 6.66. The molecule has 0 amide bonds. The van der Waals surface area contributed by atoms with Gasteiger partial charge in [0, 0.05) is 4.88 Å². The zero-order chi connectivity index (χ0) is 20.4. The first-order valence-corrected chi connectivity index (χ1v) is 11.1. The van der Waals surface area contributed by atoms with Crippen LogP contribution in [0.3, 0.4) is 0 Å². The first-order valence-electron chi connectivity index (χ1n) is 10.3. The molecule has 0 aliphatic heterocycles. The molecule has 1 aromatic carbocycles. The van der Waals surface area contributed by atoms with E-state index < -0.39 is 0 Å². The van der Waals surface area contributed by atoms with Gasteiger partial charge in [-0.3, -0.25) is 4.79 Å². The number of thiophene rings is 1. The molecule has 0 saturated heterocycles. The van der Waals surface area contributed by atoms with Crippen LogP contribution in [0.15, 0.2) is 29.1 Å². The number of aromatic nitrogens is 2. The Balaban J connectivity index is 1.87. The molecule has 0 atom stereocenters. The molecule has 0 radical (unpaired) electrons. The highest BCUT2D eigenvalue weighted by Gasteiger charge is 2.22. The van der Waals surface area contributed by atoms with Crippen LogP contribution in [0.25, 0.3) is 15.9 Å². The van der Waals surface area contributed by atoms with Crippen LogP contribution in [-0.2, 0) is 12.8 Å². The average molecular weight is 414 g/mol. The van der Waals surface area contributed by atoms with Gasteiger partial charge in [-0.1, -0.05) is 6.42 Å². The number of fused-ring (bicyclic) bond motifs is 3. The maximum atomic E-state index is 13.7. The highest BCUT2D eigenvalue weighted by molar-refractivity contribution is 7.18. The Morgan fingerprint density at radius 3 is 2.66 bits per heavy atom.